The van der Waals surface area contributed by atoms with Gasteiger partial charge >= 0.3 is 5.69 Å². The highest BCUT2D eigenvalue weighted by atomic mass is 32.2. The molecular formula is C17H26N4O4S. The van der Waals surface area contributed by atoms with Crippen LogP contribution in [0, 0.1) is 0 Å². The highest BCUT2D eigenvalue weighted by Gasteiger charge is 2.30. The molecule has 0 spiro atoms. The van der Waals surface area contributed by atoms with Crippen LogP contribution in [0.25, 0.3) is 11.0 Å². The Morgan fingerprint density at radius 2 is 1.81 bits per heavy atom. The maximum absolute atomic E-state index is 13.0. The lowest BCUT2D eigenvalue weighted by atomic mass is 10.1. The molecule has 1 aliphatic rings. The van der Waals surface area contributed by atoms with Crippen LogP contribution in [0.5, 0.6) is 0 Å². The van der Waals surface area contributed by atoms with Gasteiger partial charge in [0, 0.05) is 33.8 Å². The summed E-state index contributed by atoms with van der Waals surface area (Å²) in [6.45, 7) is 2.08. The van der Waals surface area contributed by atoms with Gasteiger partial charge in [-0.2, -0.15) is 4.31 Å². The Morgan fingerprint density at radius 1 is 1.15 bits per heavy atom. The number of aromatic nitrogens is 2. The van der Waals surface area contributed by atoms with E-state index >= 15 is 0 Å². The van der Waals surface area contributed by atoms with E-state index in [0.29, 0.717) is 50.1 Å². The number of ether oxygens (including phenoxy) is 1. The van der Waals surface area contributed by atoms with Crippen LogP contribution in [0.3, 0.4) is 0 Å². The Balaban J connectivity index is 1.78. The van der Waals surface area contributed by atoms with Gasteiger partial charge in [0.05, 0.1) is 22.0 Å². The summed E-state index contributed by atoms with van der Waals surface area (Å²) in [4.78, 5) is 12.3. The van der Waals surface area contributed by atoms with Crippen molar-refractivity contribution >= 4 is 21.1 Å². The first-order chi connectivity index (χ1) is 12.4. The third kappa shape index (κ3) is 3.44. The van der Waals surface area contributed by atoms with Gasteiger partial charge in [0.1, 0.15) is 0 Å². The Hall–Kier alpha value is -1.68. The number of piperidine rings is 1. The van der Waals surface area contributed by atoms with Gasteiger partial charge in [-0.1, -0.05) is 0 Å². The molecule has 1 saturated heterocycles. The fraction of sp³-hybridized carbons (Fsp3) is 0.588. The van der Waals surface area contributed by atoms with E-state index in [1.165, 1.54) is 13.4 Å². The standard InChI is InChI=1S/C17H26N4O4S/c1-19-15-5-4-14(12-16(15)20(2)17(19)22)26(23,24)21-9-6-13(7-10-21)25-11-3-8-18/h4-5,12-13H,3,6-11,18H2,1-2H3. The van der Waals surface area contributed by atoms with E-state index in [4.69, 9.17) is 10.5 Å². The summed E-state index contributed by atoms with van der Waals surface area (Å²) >= 11 is 0. The fourth-order valence-electron chi connectivity index (χ4n) is 3.37. The van der Waals surface area contributed by atoms with E-state index in [1.54, 1.807) is 32.3 Å². The van der Waals surface area contributed by atoms with Crippen LogP contribution in [0.4, 0.5) is 0 Å². The Kier molecular flexibility index (Phi) is 5.52. The second kappa shape index (κ2) is 7.51. The minimum absolute atomic E-state index is 0.0884. The molecule has 8 nitrogen and oxygen atoms in total. The molecule has 1 aromatic heterocycles. The molecule has 2 N–H and O–H groups in total. The van der Waals surface area contributed by atoms with Gasteiger partial charge < -0.3 is 10.5 Å². The first kappa shape index (κ1) is 19.1. The molecule has 0 saturated carbocycles. The zero-order valence-corrected chi connectivity index (χ0v) is 16.0. The van der Waals surface area contributed by atoms with Crippen LogP contribution in [0.15, 0.2) is 27.9 Å². The van der Waals surface area contributed by atoms with E-state index in [0.717, 1.165) is 6.42 Å². The Labute approximate surface area is 153 Å². The second-order valence-corrected chi connectivity index (χ2v) is 8.61. The second-order valence-electron chi connectivity index (χ2n) is 6.67. The molecule has 0 aliphatic carbocycles. The van der Waals surface area contributed by atoms with Crippen LogP contribution in [-0.4, -0.2) is 54.2 Å². The van der Waals surface area contributed by atoms with Gasteiger partial charge in [-0.25, -0.2) is 13.2 Å². The largest absolute Gasteiger partial charge is 0.378 e. The minimum Gasteiger partial charge on any atom is -0.378 e. The summed E-state index contributed by atoms with van der Waals surface area (Å²) in [5, 5.41) is 0. The van der Waals surface area contributed by atoms with Crippen LogP contribution in [0.2, 0.25) is 0 Å². The molecular weight excluding hydrogens is 356 g/mol. The van der Waals surface area contributed by atoms with Crippen molar-refractivity contribution in [1.82, 2.24) is 13.4 Å². The number of fused-ring (bicyclic) bond motifs is 1. The molecule has 9 heteroatoms. The number of sulfonamides is 1. The van der Waals surface area contributed by atoms with Crippen molar-refractivity contribution in [1.29, 1.82) is 0 Å². The number of benzene rings is 1. The van der Waals surface area contributed by atoms with Gasteiger partial charge in [0.15, 0.2) is 0 Å². The van der Waals surface area contributed by atoms with E-state index in [-0.39, 0.29) is 16.7 Å². The van der Waals surface area contributed by atoms with Gasteiger partial charge in [0.25, 0.3) is 0 Å². The van der Waals surface area contributed by atoms with Crippen LogP contribution in [0.1, 0.15) is 19.3 Å². The maximum Gasteiger partial charge on any atom is 0.328 e. The number of hydrogen-bond donors (Lipinski definition) is 1. The summed E-state index contributed by atoms with van der Waals surface area (Å²) in [6, 6.07) is 4.84. The molecule has 0 amide bonds. The lowest BCUT2D eigenvalue weighted by Crippen LogP contribution is -2.41. The van der Waals surface area contributed by atoms with Crippen molar-refractivity contribution in [2.24, 2.45) is 19.8 Å². The molecule has 26 heavy (non-hydrogen) atoms. The summed E-state index contributed by atoms with van der Waals surface area (Å²) in [5.41, 5.74) is 6.60. The number of imidazole rings is 1. The maximum atomic E-state index is 13.0. The number of nitrogens with zero attached hydrogens (tertiary/aromatic N) is 3. The molecule has 2 aromatic rings. The summed E-state index contributed by atoms with van der Waals surface area (Å²) in [5.74, 6) is 0. The zero-order valence-electron chi connectivity index (χ0n) is 15.2. The monoisotopic (exact) mass is 382 g/mol. The van der Waals surface area contributed by atoms with Crippen molar-refractivity contribution in [2.45, 2.75) is 30.3 Å². The number of rotatable bonds is 6. The normalized spacial score (nSPS) is 17.2. The molecule has 1 aliphatic heterocycles. The molecule has 1 aromatic carbocycles. The van der Waals surface area contributed by atoms with E-state index < -0.39 is 10.0 Å². The molecule has 0 unspecified atom stereocenters. The lowest BCUT2D eigenvalue weighted by Gasteiger charge is -2.31. The average molecular weight is 382 g/mol. The molecule has 144 valence electrons. The minimum atomic E-state index is -3.59. The third-order valence-corrected chi connectivity index (χ3v) is 6.88. The third-order valence-electron chi connectivity index (χ3n) is 4.98. The topological polar surface area (TPSA) is 99.6 Å². The Morgan fingerprint density at radius 3 is 2.46 bits per heavy atom. The van der Waals surface area contributed by atoms with Crippen molar-refractivity contribution in [3.8, 4) is 0 Å². The molecule has 2 heterocycles. The predicted molar refractivity (Wildman–Crippen MR) is 99.6 cm³/mol. The molecule has 1 fully saturated rings. The number of aryl methyl sites for hydroxylation is 2. The first-order valence-electron chi connectivity index (χ1n) is 8.83. The summed E-state index contributed by atoms with van der Waals surface area (Å²) in [7, 11) is -0.270. The van der Waals surface area contributed by atoms with Crippen LogP contribution in [-0.2, 0) is 28.9 Å². The van der Waals surface area contributed by atoms with E-state index in [1.807, 2.05) is 0 Å². The Bertz CT molecular complexity index is 940. The summed E-state index contributed by atoms with van der Waals surface area (Å²) in [6.07, 6.45) is 2.26. The van der Waals surface area contributed by atoms with Gasteiger partial charge in [-0.05, 0) is 44.0 Å². The summed E-state index contributed by atoms with van der Waals surface area (Å²) < 4.78 is 36.2. The van der Waals surface area contributed by atoms with Crippen LogP contribution < -0.4 is 11.4 Å². The SMILES string of the molecule is Cn1c(=O)n(C)c2cc(S(=O)(=O)N3CCC(OCCCN)CC3)ccc21. The first-order valence-corrected chi connectivity index (χ1v) is 10.3. The van der Waals surface area contributed by atoms with Crippen molar-refractivity contribution < 1.29 is 13.2 Å². The van der Waals surface area contributed by atoms with Gasteiger partial charge in [-0.15, -0.1) is 0 Å². The lowest BCUT2D eigenvalue weighted by molar-refractivity contribution is 0.0209. The van der Waals surface area contributed by atoms with E-state index in [2.05, 4.69) is 0 Å². The number of nitrogens with two attached hydrogens (primary N) is 1. The smallest absolute Gasteiger partial charge is 0.328 e. The van der Waals surface area contributed by atoms with Crippen molar-refractivity contribution in [2.75, 3.05) is 26.2 Å². The highest BCUT2D eigenvalue weighted by molar-refractivity contribution is 7.89. The van der Waals surface area contributed by atoms with Gasteiger partial charge in [0.2, 0.25) is 10.0 Å². The van der Waals surface area contributed by atoms with E-state index in [9.17, 15) is 13.2 Å². The molecule has 0 bridgehead atoms. The van der Waals surface area contributed by atoms with Gasteiger partial charge in [-0.3, -0.25) is 9.13 Å². The number of hydrogen-bond acceptors (Lipinski definition) is 5. The fourth-order valence-corrected chi connectivity index (χ4v) is 4.86. The predicted octanol–water partition coefficient (Wildman–Crippen LogP) is 0.396. The molecule has 0 radical (unpaired) electrons. The zero-order chi connectivity index (χ0) is 18.9. The average Bonchev–Trinajstić information content (AvgIpc) is 2.86. The molecule has 0 atom stereocenters. The van der Waals surface area contributed by atoms with Crippen LogP contribution >= 0.6 is 0 Å². The van der Waals surface area contributed by atoms with Crippen molar-refractivity contribution in [3.05, 3.63) is 28.7 Å². The van der Waals surface area contributed by atoms with Crippen molar-refractivity contribution in [3.63, 3.8) is 0 Å². The quantitative estimate of drug-likeness (QED) is 0.729. The highest BCUT2D eigenvalue weighted by Crippen LogP contribution is 2.24. The molecule has 3 rings (SSSR count).